The number of carbonyl (C=O) groups is 1. The fraction of sp³-hybridized carbons (Fsp3) is 0.240. The summed E-state index contributed by atoms with van der Waals surface area (Å²) < 4.78 is 0. The molecule has 0 saturated carbocycles. The van der Waals surface area contributed by atoms with E-state index < -0.39 is 0 Å². The van der Waals surface area contributed by atoms with Crippen LogP contribution in [0.3, 0.4) is 0 Å². The van der Waals surface area contributed by atoms with Crippen molar-refractivity contribution in [3.8, 4) is 0 Å². The van der Waals surface area contributed by atoms with E-state index in [1.807, 2.05) is 72.8 Å². The molecule has 1 aliphatic heterocycles. The van der Waals surface area contributed by atoms with Crippen LogP contribution in [-0.2, 0) is 0 Å². The second-order valence-electron chi connectivity index (χ2n) is 7.69. The Morgan fingerprint density at radius 3 is 1.83 bits per heavy atom. The number of carbonyl (C=O) groups excluding carboxylic acids is 1. The van der Waals surface area contributed by atoms with Gasteiger partial charge in [0.05, 0.1) is 6.04 Å². The number of likely N-dealkylation sites (N-methyl/N-ethyl adjacent to an activating group) is 1. The number of amides is 2. The third-order valence-electron chi connectivity index (χ3n) is 5.53. The SMILES string of the molecule is CN1CCN(c2ccc(NC(=O)NC(c3ccccc3)c3ccccc3)cc2)CC1. The van der Waals surface area contributed by atoms with Gasteiger partial charge in [0, 0.05) is 37.6 Å². The summed E-state index contributed by atoms with van der Waals surface area (Å²) in [6.07, 6.45) is 0. The van der Waals surface area contributed by atoms with Gasteiger partial charge < -0.3 is 20.4 Å². The van der Waals surface area contributed by atoms with Crippen LogP contribution in [0, 0.1) is 0 Å². The minimum Gasteiger partial charge on any atom is -0.369 e. The van der Waals surface area contributed by atoms with Crippen LogP contribution in [-0.4, -0.2) is 44.2 Å². The molecule has 0 unspecified atom stereocenters. The zero-order valence-electron chi connectivity index (χ0n) is 17.3. The van der Waals surface area contributed by atoms with E-state index in [-0.39, 0.29) is 12.1 Å². The molecule has 154 valence electrons. The van der Waals surface area contributed by atoms with Crippen molar-refractivity contribution in [1.29, 1.82) is 0 Å². The van der Waals surface area contributed by atoms with Gasteiger partial charge in [-0.1, -0.05) is 60.7 Å². The van der Waals surface area contributed by atoms with E-state index >= 15 is 0 Å². The van der Waals surface area contributed by atoms with Gasteiger partial charge in [0.15, 0.2) is 0 Å². The molecular weight excluding hydrogens is 372 g/mol. The van der Waals surface area contributed by atoms with Gasteiger partial charge in [0.25, 0.3) is 0 Å². The molecule has 3 aromatic rings. The number of anilines is 2. The summed E-state index contributed by atoms with van der Waals surface area (Å²) in [4.78, 5) is 17.5. The Labute approximate surface area is 178 Å². The molecule has 0 aromatic heterocycles. The van der Waals surface area contributed by atoms with Crippen LogP contribution < -0.4 is 15.5 Å². The Balaban J connectivity index is 1.42. The van der Waals surface area contributed by atoms with Crippen LogP contribution in [0.25, 0.3) is 0 Å². The first-order valence-electron chi connectivity index (χ1n) is 10.4. The number of nitrogens with one attached hydrogen (secondary N) is 2. The van der Waals surface area contributed by atoms with Crippen LogP contribution in [0.5, 0.6) is 0 Å². The van der Waals surface area contributed by atoms with Gasteiger partial charge in [-0.15, -0.1) is 0 Å². The maximum Gasteiger partial charge on any atom is 0.319 e. The van der Waals surface area contributed by atoms with Crippen LogP contribution >= 0.6 is 0 Å². The lowest BCUT2D eigenvalue weighted by Gasteiger charge is -2.34. The molecule has 0 bridgehead atoms. The number of rotatable bonds is 5. The van der Waals surface area contributed by atoms with E-state index in [4.69, 9.17) is 0 Å². The van der Waals surface area contributed by atoms with E-state index in [0.717, 1.165) is 43.0 Å². The Bertz CT molecular complexity index is 896. The van der Waals surface area contributed by atoms with E-state index in [2.05, 4.69) is 39.6 Å². The van der Waals surface area contributed by atoms with Crippen LogP contribution in [0.4, 0.5) is 16.2 Å². The molecule has 1 aliphatic rings. The highest BCUT2D eigenvalue weighted by Crippen LogP contribution is 2.23. The van der Waals surface area contributed by atoms with Crippen molar-refractivity contribution in [2.75, 3.05) is 43.4 Å². The standard InChI is InChI=1S/C25H28N4O/c1-28-16-18-29(19-17-28)23-14-12-22(13-15-23)26-25(30)27-24(20-8-4-2-5-9-20)21-10-6-3-7-11-21/h2-15,24H,16-19H2,1H3,(H2,26,27,30). The van der Waals surface area contributed by atoms with Crippen LogP contribution in [0.15, 0.2) is 84.9 Å². The second-order valence-corrected chi connectivity index (χ2v) is 7.69. The highest BCUT2D eigenvalue weighted by atomic mass is 16.2. The maximum absolute atomic E-state index is 12.8. The third kappa shape index (κ3) is 4.99. The number of nitrogens with zero attached hydrogens (tertiary/aromatic N) is 2. The van der Waals surface area contributed by atoms with Gasteiger partial charge in [-0.25, -0.2) is 4.79 Å². The summed E-state index contributed by atoms with van der Waals surface area (Å²) in [5.74, 6) is 0. The zero-order valence-corrected chi connectivity index (χ0v) is 17.3. The molecule has 5 nitrogen and oxygen atoms in total. The van der Waals surface area contributed by atoms with Gasteiger partial charge in [0.2, 0.25) is 0 Å². The molecule has 0 spiro atoms. The number of urea groups is 1. The van der Waals surface area contributed by atoms with Gasteiger partial charge in [-0.3, -0.25) is 0 Å². The van der Waals surface area contributed by atoms with E-state index in [9.17, 15) is 4.79 Å². The normalized spacial score (nSPS) is 14.5. The van der Waals surface area contributed by atoms with E-state index in [0.29, 0.717) is 0 Å². The van der Waals surface area contributed by atoms with Crippen molar-refractivity contribution in [2.24, 2.45) is 0 Å². The summed E-state index contributed by atoms with van der Waals surface area (Å²) in [5, 5.41) is 6.09. The first kappa shape index (κ1) is 20.0. The summed E-state index contributed by atoms with van der Waals surface area (Å²) in [6, 6.07) is 27.7. The second kappa shape index (κ2) is 9.46. The topological polar surface area (TPSA) is 47.6 Å². The smallest absolute Gasteiger partial charge is 0.319 e. The van der Waals surface area contributed by atoms with E-state index in [1.54, 1.807) is 0 Å². The molecule has 30 heavy (non-hydrogen) atoms. The largest absolute Gasteiger partial charge is 0.369 e. The third-order valence-corrected chi connectivity index (χ3v) is 5.53. The fourth-order valence-corrected chi connectivity index (χ4v) is 3.77. The number of piperazine rings is 1. The summed E-state index contributed by atoms with van der Waals surface area (Å²) in [6.45, 7) is 4.20. The van der Waals surface area contributed by atoms with Crippen LogP contribution in [0.1, 0.15) is 17.2 Å². The minimum absolute atomic E-state index is 0.211. The highest BCUT2D eigenvalue weighted by Gasteiger charge is 2.17. The highest BCUT2D eigenvalue weighted by molar-refractivity contribution is 5.90. The van der Waals surface area contributed by atoms with Gasteiger partial charge in [-0.05, 0) is 42.4 Å². The monoisotopic (exact) mass is 400 g/mol. The number of hydrogen-bond acceptors (Lipinski definition) is 3. The number of hydrogen-bond donors (Lipinski definition) is 2. The molecule has 0 aliphatic carbocycles. The summed E-state index contributed by atoms with van der Waals surface area (Å²) in [5.41, 5.74) is 4.07. The molecule has 4 rings (SSSR count). The van der Waals surface area contributed by atoms with Crippen molar-refractivity contribution in [2.45, 2.75) is 6.04 Å². The van der Waals surface area contributed by atoms with Crippen molar-refractivity contribution < 1.29 is 4.79 Å². The first-order chi connectivity index (χ1) is 14.7. The Morgan fingerprint density at radius 1 is 0.767 bits per heavy atom. The molecule has 1 heterocycles. The predicted octanol–water partition coefficient (Wildman–Crippen LogP) is 4.35. The molecular formula is C25H28N4O. The number of benzene rings is 3. The molecule has 3 aromatic carbocycles. The summed E-state index contributed by atoms with van der Waals surface area (Å²) in [7, 11) is 2.15. The average molecular weight is 401 g/mol. The minimum atomic E-state index is -0.222. The Morgan fingerprint density at radius 2 is 1.30 bits per heavy atom. The molecule has 5 heteroatoms. The van der Waals surface area contributed by atoms with Crippen molar-refractivity contribution in [1.82, 2.24) is 10.2 Å². The quantitative estimate of drug-likeness (QED) is 0.669. The van der Waals surface area contributed by atoms with Crippen molar-refractivity contribution in [3.63, 3.8) is 0 Å². The molecule has 1 saturated heterocycles. The van der Waals surface area contributed by atoms with Crippen LogP contribution in [0.2, 0.25) is 0 Å². The molecule has 0 radical (unpaired) electrons. The van der Waals surface area contributed by atoms with Crippen molar-refractivity contribution in [3.05, 3.63) is 96.1 Å². The molecule has 2 amide bonds. The lowest BCUT2D eigenvalue weighted by Crippen LogP contribution is -2.44. The van der Waals surface area contributed by atoms with Crippen molar-refractivity contribution >= 4 is 17.4 Å². The summed E-state index contributed by atoms with van der Waals surface area (Å²) >= 11 is 0. The molecule has 0 atom stereocenters. The first-order valence-corrected chi connectivity index (χ1v) is 10.4. The lowest BCUT2D eigenvalue weighted by atomic mass is 9.99. The zero-order chi connectivity index (χ0) is 20.8. The maximum atomic E-state index is 12.8. The average Bonchev–Trinajstić information content (AvgIpc) is 2.80. The van der Waals surface area contributed by atoms with Gasteiger partial charge >= 0.3 is 6.03 Å². The Kier molecular flexibility index (Phi) is 6.30. The lowest BCUT2D eigenvalue weighted by molar-refractivity contribution is 0.250. The van der Waals surface area contributed by atoms with E-state index in [1.165, 1.54) is 5.69 Å². The molecule has 1 fully saturated rings. The fourth-order valence-electron chi connectivity index (χ4n) is 3.77. The van der Waals surface area contributed by atoms with Gasteiger partial charge in [-0.2, -0.15) is 0 Å². The Hall–Kier alpha value is -3.31. The van der Waals surface area contributed by atoms with Gasteiger partial charge in [0.1, 0.15) is 0 Å². The molecule has 2 N–H and O–H groups in total. The predicted molar refractivity (Wildman–Crippen MR) is 123 cm³/mol.